The summed E-state index contributed by atoms with van der Waals surface area (Å²) in [6.45, 7) is 1.62. The van der Waals surface area contributed by atoms with Crippen molar-refractivity contribution in [1.82, 2.24) is 4.90 Å². The fraction of sp³-hybridized carbons (Fsp3) is 0.889. The maximum atomic E-state index is 10.8. The van der Waals surface area contributed by atoms with Gasteiger partial charge in [0, 0.05) is 13.2 Å². The van der Waals surface area contributed by atoms with Crippen LogP contribution in [0.2, 0.25) is 0 Å². The third-order valence-electron chi connectivity index (χ3n) is 2.48. The summed E-state index contributed by atoms with van der Waals surface area (Å²) < 4.78 is 5.24. The van der Waals surface area contributed by atoms with Crippen molar-refractivity contribution in [3.8, 4) is 0 Å². The van der Waals surface area contributed by atoms with E-state index in [4.69, 9.17) is 4.74 Å². The molecule has 0 amide bonds. The average molecular weight is 171 g/mol. The second kappa shape index (κ2) is 4.58. The minimum atomic E-state index is 0.0777. The van der Waals surface area contributed by atoms with Gasteiger partial charge in [0.2, 0.25) is 0 Å². The largest absolute Gasteiger partial charge is 0.381 e. The number of hydrogen-bond donors (Lipinski definition) is 0. The molecule has 12 heavy (non-hydrogen) atoms. The highest BCUT2D eigenvalue weighted by atomic mass is 16.5. The lowest BCUT2D eigenvalue weighted by atomic mass is 9.92. The van der Waals surface area contributed by atoms with Gasteiger partial charge in [0.25, 0.3) is 0 Å². The van der Waals surface area contributed by atoms with Crippen LogP contribution in [0.1, 0.15) is 12.8 Å². The monoisotopic (exact) mass is 171 g/mol. The predicted molar refractivity (Wildman–Crippen MR) is 47.1 cm³/mol. The molecule has 0 N–H and O–H groups in total. The van der Waals surface area contributed by atoms with Crippen LogP contribution in [0.4, 0.5) is 0 Å². The van der Waals surface area contributed by atoms with Gasteiger partial charge in [-0.25, -0.2) is 0 Å². The summed E-state index contributed by atoms with van der Waals surface area (Å²) in [5.74, 6) is 0.492. The van der Waals surface area contributed by atoms with Crippen LogP contribution in [-0.4, -0.2) is 44.5 Å². The molecule has 0 aromatic rings. The van der Waals surface area contributed by atoms with Crippen molar-refractivity contribution in [3.63, 3.8) is 0 Å². The second-order valence-electron chi connectivity index (χ2n) is 3.54. The minimum absolute atomic E-state index is 0.0777. The molecule has 3 nitrogen and oxygen atoms in total. The molecule has 0 radical (unpaired) electrons. The van der Waals surface area contributed by atoms with E-state index in [1.54, 1.807) is 0 Å². The van der Waals surface area contributed by atoms with Crippen molar-refractivity contribution in [2.45, 2.75) is 18.9 Å². The summed E-state index contributed by atoms with van der Waals surface area (Å²) in [5.41, 5.74) is 0. The average Bonchev–Trinajstić information content (AvgIpc) is 2.07. The van der Waals surface area contributed by atoms with Gasteiger partial charge in [0.05, 0.1) is 6.04 Å². The third-order valence-corrected chi connectivity index (χ3v) is 2.48. The molecule has 1 heterocycles. The fourth-order valence-corrected chi connectivity index (χ4v) is 1.71. The topological polar surface area (TPSA) is 29.5 Å². The number of rotatable bonds is 3. The van der Waals surface area contributed by atoms with Gasteiger partial charge in [-0.1, -0.05) is 0 Å². The number of ether oxygens (including phenoxy) is 1. The summed E-state index contributed by atoms with van der Waals surface area (Å²) in [6, 6.07) is 0.0777. The molecule has 3 heteroatoms. The van der Waals surface area contributed by atoms with Crippen molar-refractivity contribution in [3.05, 3.63) is 0 Å². The zero-order valence-corrected chi connectivity index (χ0v) is 7.82. The SMILES string of the molecule is CN(C)C(C=O)C1CCOCC1. The molecular formula is C9H17NO2. The quantitative estimate of drug-likeness (QED) is 0.580. The summed E-state index contributed by atoms with van der Waals surface area (Å²) in [6.07, 6.45) is 3.08. The van der Waals surface area contributed by atoms with Gasteiger partial charge < -0.3 is 9.53 Å². The standard InChI is InChI=1S/C9H17NO2/c1-10(2)9(7-11)8-3-5-12-6-4-8/h7-9H,3-6H2,1-2H3. The van der Waals surface area contributed by atoms with E-state index in [0.717, 1.165) is 32.3 Å². The number of hydrogen-bond acceptors (Lipinski definition) is 3. The highest BCUT2D eigenvalue weighted by Gasteiger charge is 2.24. The molecule has 1 aliphatic rings. The predicted octanol–water partition coefficient (Wildman–Crippen LogP) is 0.542. The van der Waals surface area contributed by atoms with E-state index in [2.05, 4.69) is 0 Å². The van der Waals surface area contributed by atoms with Crippen molar-refractivity contribution < 1.29 is 9.53 Å². The Morgan fingerprint density at radius 2 is 2.00 bits per heavy atom. The Morgan fingerprint density at radius 3 is 2.42 bits per heavy atom. The lowest BCUT2D eigenvalue weighted by molar-refractivity contribution is -0.114. The van der Waals surface area contributed by atoms with E-state index in [9.17, 15) is 4.79 Å². The van der Waals surface area contributed by atoms with Crippen LogP contribution >= 0.6 is 0 Å². The van der Waals surface area contributed by atoms with E-state index in [-0.39, 0.29) is 6.04 Å². The Bertz CT molecular complexity index is 141. The van der Waals surface area contributed by atoms with E-state index >= 15 is 0 Å². The van der Waals surface area contributed by atoms with Crippen LogP contribution in [0.5, 0.6) is 0 Å². The first kappa shape index (κ1) is 9.68. The summed E-state index contributed by atoms with van der Waals surface area (Å²) in [5, 5.41) is 0. The van der Waals surface area contributed by atoms with Gasteiger partial charge in [-0.3, -0.25) is 4.90 Å². The lowest BCUT2D eigenvalue weighted by Gasteiger charge is -2.30. The Balaban J connectivity index is 2.45. The van der Waals surface area contributed by atoms with Crippen molar-refractivity contribution in [2.75, 3.05) is 27.3 Å². The molecule has 0 aromatic carbocycles. The summed E-state index contributed by atoms with van der Waals surface area (Å²) in [7, 11) is 3.91. The molecule has 1 rings (SSSR count). The smallest absolute Gasteiger partial charge is 0.137 e. The number of aldehydes is 1. The first-order valence-electron chi connectivity index (χ1n) is 4.45. The zero-order valence-electron chi connectivity index (χ0n) is 7.82. The molecule has 1 atom stereocenters. The van der Waals surface area contributed by atoms with Gasteiger partial charge in [-0.15, -0.1) is 0 Å². The van der Waals surface area contributed by atoms with E-state index in [0.29, 0.717) is 5.92 Å². The normalized spacial score (nSPS) is 22.6. The molecule has 1 saturated heterocycles. The highest BCUT2D eigenvalue weighted by Crippen LogP contribution is 2.19. The van der Waals surface area contributed by atoms with E-state index in [1.165, 1.54) is 0 Å². The second-order valence-corrected chi connectivity index (χ2v) is 3.54. The highest BCUT2D eigenvalue weighted by molar-refractivity contribution is 5.58. The molecule has 1 unspecified atom stereocenters. The fourth-order valence-electron chi connectivity index (χ4n) is 1.71. The van der Waals surface area contributed by atoms with E-state index in [1.807, 2.05) is 19.0 Å². The van der Waals surface area contributed by atoms with Crippen LogP contribution in [0.3, 0.4) is 0 Å². The number of likely N-dealkylation sites (N-methyl/N-ethyl adjacent to an activating group) is 1. The molecule has 0 bridgehead atoms. The lowest BCUT2D eigenvalue weighted by Crippen LogP contribution is -2.39. The summed E-state index contributed by atoms with van der Waals surface area (Å²) in [4.78, 5) is 12.8. The molecular weight excluding hydrogens is 154 g/mol. The van der Waals surface area contributed by atoms with Crippen LogP contribution in [-0.2, 0) is 9.53 Å². The Kier molecular flexibility index (Phi) is 3.69. The van der Waals surface area contributed by atoms with Gasteiger partial charge >= 0.3 is 0 Å². The Labute approximate surface area is 73.7 Å². The molecule has 1 fully saturated rings. The van der Waals surface area contributed by atoms with Crippen molar-refractivity contribution in [1.29, 1.82) is 0 Å². The Morgan fingerprint density at radius 1 is 1.42 bits per heavy atom. The van der Waals surface area contributed by atoms with Gasteiger partial charge in [0.15, 0.2) is 0 Å². The molecule has 1 aliphatic heterocycles. The number of carbonyl (C=O) groups excluding carboxylic acids is 1. The zero-order chi connectivity index (χ0) is 8.97. The third kappa shape index (κ3) is 2.29. The maximum absolute atomic E-state index is 10.8. The van der Waals surface area contributed by atoms with Crippen molar-refractivity contribution >= 4 is 6.29 Å². The van der Waals surface area contributed by atoms with E-state index < -0.39 is 0 Å². The maximum Gasteiger partial charge on any atom is 0.137 e. The van der Waals surface area contributed by atoms with Crippen LogP contribution in [0, 0.1) is 5.92 Å². The van der Waals surface area contributed by atoms with Gasteiger partial charge in [0.1, 0.15) is 6.29 Å². The number of carbonyl (C=O) groups is 1. The van der Waals surface area contributed by atoms with Gasteiger partial charge in [-0.2, -0.15) is 0 Å². The molecule has 0 aromatic heterocycles. The number of nitrogens with zero attached hydrogens (tertiary/aromatic N) is 1. The van der Waals surface area contributed by atoms with Crippen molar-refractivity contribution in [2.24, 2.45) is 5.92 Å². The first-order chi connectivity index (χ1) is 5.75. The van der Waals surface area contributed by atoms with Crippen LogP contribution in [0.15, 0.2) is 0 Å². The summed E-state index contributed by atoms with van der Waals surface area (Å²) >= 11 is 0. The molecule has 0 spiro atoms. The van der Waals surface area contributed by atoms with Crippen LogP contribution in [0.25, 0.3) is 0 Å². The molecule has 70 valence electrons. The van der Waals surface area contributed by atoms with Gasteiger partial charge in [-0.05, 0) is 32.9 Å². The Hall–Kier alpha value is -0.410. The first-order valence-corrected chi connectivity index (χ1v) is 4.45. The van der Waals surface area contributed by atoms with Crippen LogP contribution < -0.4 is 0 Å². The molecule has 0 aliphatic carbocycles. The molecule has 0 saturated carbocycles. The minimum Gasteiger partial charge on any atom is -0.381 e.